The highest BCUT2D eigenvalue weighted by molar-refractivity contribution is 5.78. The van der Waals surface area contributed by atoms with Crippen LogP contribution in [-0.2, 0) is 9.59 Å². The van der Waals surface area contributed by atoms with Gasteiger partial charge >= 0.3 is 5.97 Å². The van der Waals surface area contributed by atoms with E-state index in [4.69, 9.17) is 5.11 Å². The van der Waals surface area contributed by atoms with Gasteiger partial charge in [-0.15, -0.1) is 0 Å². The second-order valence-corrected chi connectivity index (χ2v) is 5.32. The molecule has 18 heavy (non-hydrogen) atoms. The molecule has 0 saturated carbocycles. The largest absolute Gasteiger partial charge is 0.481 e. The van der Waals surface area contributed by atoms with E-state index in [9.17, 15) is 9.59 Å². The molecule has 1 amide bonds. The monoisotopic (exact) mass is 254 g/mol. The zero-order valence-corrected chi connectivity index (χ0v) is 10.8. The number of likely N-dealkylation sites (tertiary alicyclic amines) is 2. The Bertz CT molecular complexity index is 313. The van der Waals surface area contributed by atoms with Gasteiger partial charge in [0.25, 0.3) is 0 Å². The van der Waals surface area contributed by atoms with E-state index in [1.807, 2.05) is 0 Å². The van der Waals surface area contributed by atoms with Crippen molar-refractivity contribution in [3.63, 3.8) is 0 Å². The van der Waals surface area contributed by atoms with Crippen molar-refractivity contribution in [3.8, 4) is 0 Å². The van der Waals surface area contributed by atoms with Crippen LogP contribution in [-0.4, -0.2) is 59.5 Å². The van der Waals surface area contributed by atoms with Gasteiger partial charge in [0.05, 0.1) is 5.92 Å². The molecular formula is C13H22N2O3. The fourth-order valence-electron chi connectivity index (χ4n) is 2.82. The van der Waals surface area contributed by atoms with E-state index in [1.165, 1.54) is 12.8 Å². The topological polar surface area (TPSA) is 60.9 Å². The summed E-state index contributed by atoms with van der Waals surface area (Å²) in [6, 6.07) is 0. The van der Waals surface area contributed by atoms with Crippen molar-refractivity contribution < 1.29 is 14.7 Å². The number of hydrogen-bond acceptors (Lipinski definition) is 3. The molecule has 2 heterocycles. The van der Waals surface area contributed by atoms with E-state index >= 15 is 0 Å². The first-order chi connectivity index (χ1) is 8.66. The Morgan fingerprint density at radius 3 is 2.50 bits per heavy atom. The molecule has 0 bridgehead atoms. The lowest BCUT2D eigenvalue weighted by atomic mass is 9.98. The van der Waals surface area contributed by atoms with E-state index in [2.05, 4.69) is 4.90 Å². The lowest BCUT2D eigenvalue weighted by molar-refractivity contribution is -0.145. The van der Waals surface area contributed by atoms with Crippen LogP contribution >= 0.6 is 0 Å². The number of piperidine rings is 1. The van der Waals surface area contributed by atoms with Crippen LogP contribution in [0.3, 0.4) is 0 Å². The van der Waals surface area contributed by atoms with E-state index in [0.717, 1.165) is 32.6 Å². The van der Waals surface area contributed by atoms with Crippen LogP contribution in [0, 0.1) is 5.92 Å². The molecule has 0 aromatic carbocycles. The Hall–Kier alpha value is -1.10. The Morgan fingerprint density at radius 2 is 1.83 bits per heavy atom. The van der Waals surface area contributed by atoms with Crippen LogP contribution in [0.4, 0.5) is 0 Å². The van der Waals surface area contributed by atoms with Crippen LogP contribution in [0.15, 0.2) is 0 Å². The quantitative estimate of drug-likeness (QED) is 0.806. The van der Waals surface area contributed by atoms with E-state index in [-0.39, 0.29) is 11.8 Å². The first kappa shape index (κ1) is 13.3. The van der Waals surface area contributed by atoms with Gasteiger partial charge in [0.15, 0.2) is 0 Å². The number of carbonyl (C=O) groups excluding carboxylic acids is 1. The highest BCUT2D eigenvalue weighted by Gasteiger charge is 2.28. The molecule has 0 aliphatic carbocycles. The van der Waals surface area contributed by atoms with E-state index in [0.29, 0.717) is 19.4 Å². The zero-order valence-electron chi connectivity index (χ0n) is 10.8. The summed E-state index contributed by atoms with van der Waals surface area (Å²) in [7, 11) is 0. The summed E-state index contributed by atoms with van der Waals surface area (Å²) in [4.78, 5) is 27.0. The molecule has 5 heteroatoms. The first-order valence-corrected chi connectivity index (χ1v) is 6.90. The standard InChI is InChI=1S/C13H22N2O3/c16-12(5-9-14-6-1-2-7-14)15-8-3-4-11(10-15)13(17)18/h11H,1-10H2,(H,17,18). The third-order valence-corrected chi connectivity index (χ3v) is 3.96. The first-order valence-electron chi connectivity index (χ1n) is 6.90. The molecule has 102 valence electrons. The zero-order chi connectivity index (χ0) is 13.0. The molecule has 0 aromatic heterocycles. The molecule has 2 rings (SSSR count). The Balaban J connectivity index is 1.75. The van der Waals surface area contributed by atoms with Crippen molar-refractivity contribution in [2.24, 2.45) is 5.92 Å². The van der Waals surface area contributed by atoms with E-state index in [1.54, 1.807) is 4.90 Å². The van der Waals surface area contributed by atoms with Crippen molar-refractivity contribution >= 4 is 11.9 Å². The van der Waals surface area contributed by atoms with Crippen molar-refractivity contribution in [1.29, 1.82) is 0 Å². The number of hydrogen-bond donors (Lipinski definition) is 1. The van der Waals surface area contributed by atoms with Crippen molar-refractivity contribution in [1.82, 2.24) is 9.80 Å². The molecule has 0 radical (unpaired) electrons. The molecule has 2 saturated heterocycles. The van der Waals surface area contributed by atoms with Gasteiger partial charge in [-0.1, -0.05) is 0 Å². The normalized spacial score (nSPS) is 25.3. The van der Waals surface area contributed by atoms with E-state index < -0.39 is 5.97 Å². The van der Waals surface area contributed by atoms with Gasteiger partial charge in [-0.25, -0.2) is 0 Å². The van der Waals surface area contributed by atoms with Crippen LogP contribution in [0.5, 0.6) is 0 Å². The molecule has 2 aliphatic rings. The number of carbonyl (C=O) groups is 2. The van der Waals surface area contributed by atoms with Gasteiger partial charge in [-0.3, -0.25) is 9.59 Å². The summed E-state index contributed by atoms with van der Waals surface area (Å²) in [5.74, 6) is -1.02. The van der Waals surface area contributed by atoms with Crippen LogP contribution < -0.4 is 0 Å². The third kappa shape index (κ3) is 3.45. The number of rotatable bonds is 4. The smallest absolute Gasteiger partial charge is 0.308 e. The summed E-state index contributed by atoms with van der Waals surface area (Å²) < 4.78 is 0. The van der Waals surface area contributed by atoms with Gasteiger partial charge < -0.3 is 14.9 Å². The van der Waals surface area contributed by atoms with Crippen molar-refractivity contribution in [2.75, 3.05) is 32.7 Å². The lowest BCUT2D eigenvalue weighted by Gasteiger charge is -2.31. The molecule has 1 atom stereocenters. The lowest BCUT2D eigenvalue weighted by Crippen LogP contribution is -2.43. The second-order valence-electron chi connectivity index (χ2n) is 5.32. The van der Waals surface area contributed by atoms with Gasteiger partial charge in [-0.05, 0) is 38.8 Å². The maximum Gasteiger partial charge on any atom is 0.308 e. The highest BCUT2D eigenvalue weighted by Crippen LogP contribution is 2.17. The summed E-state index contributed by atoms with van der Waals surface area (Å²) in [5.41, 5.74) is 0. The van der Waals surface area contributed by atoms with Gasteiger partial charge in [-0.2, -0.15) is 0 Å². The number of nitrogens with zero attached hydrogens (tertiary/aromatic N) is 2. The molecule has 2 fully saturated rings. The maximum atomic E-state index is 12.0. The molecule has 0 spiro atoms. The predicted molar refractivity (Wildman–Crippen MR) is 67.2 cm³/mol. The Kier molecular flexibility index (Phi) is 4.58. The minimum atomic E-state index is -0.771. The minimum absolute atomic E-state index is 0.118. The molecule has 1 unspecified atom stereocenters. The second kappa shape index (κ2) is 6.18. The third-order valence-electron chi connectivity index (χ3n) is 3.96. The molecule has 0 aromatic rings. The molecule has 2 aliphatic heterocycles. The fraction of sp³-hybridized carbons (Fsp3) is 0.846. The van der Waals surface area contributed by atoms with Crippen LogP contribution in [0.2, 0.25) is 0 Å². The predicted octanol–water partition coefficient (Wildman–Crippen LogP) is 0.795. The van der Waals surface area contributed by atoms with Crippen LogP contribution in [0.1, 0.15) is 32.1 Å². The van der Waals surface area contributed by atoms with Gasteiger partial charge in [0.1, 0.15) is 0 Å². The van der Waals surface area contributed by atoms with Gasteiger partial charge in [0, 0.05) is 26.1 Å². The molecular weight excluding hydrogens is 232 g/mol. The number of carboxylic acids is 1. The summed E-state index contributed by atoms with van der Waals surface area (Å²) >= 11 is 0. The van der Waals surface area contributed by atoms with Crippen LogP contribution in [0.25, 0.3) is 0 Å². The molecule has 1 N–H and O–H groups in total. The van der Waals surface area contributed by atoms with Crippen molar-refractivity contribution in [2.45, 2.75) is 32.1 Å². The Labute approximate surface area is 108 Å². The average molecular weight is 254 g/mol. The number of aliphatic carboxylic acids is 1. The van der Waals surface area contributed by atoms with Crippen molar-refractivity contribution in [3.05, 3.63) is 0 Å². The summed E-state index contributed by atoms with van der Waals surface area (Å²) in [5, 5.41) is 8.99. The maximum absolute atomic E-state index is 12.0. The Morgan fingerprint density at radius 1 is 1.11 bits per heavy atom. The highest BCUT2D eigenvalue weighted by atomic mass is 16.4. The SMILES string of the molecule is O=C(O)C1CCCN(C(=O)CCN2CCCC2)C1. The van der Waals surface area contributed by atoms with Gasteiger partial charge in [0.2, 0.25) is 5.91 Å². The summed E-state index contributed by atoms with van der Waals surface area (Å²) in [6.45, 7) is 4.15. The fourth-order valence-corrected chi connectivity index (χ4v) is 2.82. The minimum Gasteiger partial charge on any atom is -0.481 e. The summed E-state index contributed by atoms with van der Waals surface area (Å²) in [6.07, 6.45) is 4.52. The average Bonchev–Trinajstić information content (AvgIpc) is 2.89. The number of carboxylic acid groups (broad SMARTS) is 1. The number of amides is 1. The molecule has 5 nitrogen and oxygen atoms in total.